The third-order valence-corrected chi connectivity index (χ3v) is 5.67. The van der Waals surface area contributed by atoms with E-state index in [0.29, 0.717) is 72.4 Å². The molecule has 0 aromatic heterocycles. The van der Waals surface area contributed by atoms with E-state index in [4.69, 9.17) is 9.47 Å². The second-order valence-corrected chi connectivity index (χ2v) is 8.13. The number of ketones is 2. The molecule has 2 aromatic rings. The smallest absolute Gasteiger partial charge is 0.330 e. The fourth-order valence-electron chi connectivity index (χ4n) is 3.88. The van der Waals surface area contributed by atoms with Crippen LogP contribution in [0.25, 0.3) is 0 Å². The maximum Gasteiger partial charge on any atom is 0.330 e. The number of rotatable bonds is 14. The number of hydrogen-bond acceptors (Lipinski definition) is 8. The van der Waals surface area contributed by atoms with Crippen LogP contribution >= 0.6 is 0 Å². The average molecular weight is 491 g/mol. The van der Waals surface area contributed by atoms with Gasteiger partial charge in [0.15, 0.2) is 11.6 Å². The molecule has 1 aliphatic carbocycles. The van der Waals surface area contributed by atoms with Gasteiger partial charge in [-0.15, -0.1) is 0 Å². The maximum atomic E-state index is 13.4. The standard InChI is InChI=1S/C28H30N2O6/c1-3-23(31)35-17-9-7-15-29-21-13-14-22(30-16-8-10-18-36-24(32)4-2)26-25(21)27(33)19-11-5-6-12-20(19)28(26)34/h3-6,11-14,29-30H,1-2,7-10,15-18H2. The van der Waals surface area contributed by atoms with Crippen LogP contribution in [0.5, 0.6) is 0 Å². The zero-order valence-electron chi connectivity index (χ0n) is 20.1. The number of esters is 2. The maximum absolute atomic E-state index is 13.4. The lowest BCUT2D eigenvalue weighted by Crippen LogP contribution is -2.24. The van der Waals surface area contributed by atoms with E-state index in [9.17, 15) is 19.2 Å². The van der Waals surface area contributed by atoms with E-state index in [0.717, 1.165) is 12.2 Å². The topological polar surface area (TPSA) is 111 Å². The highest BCUT2D eigenvalue weighted by Gasteiger charge is 2.33. The third-order valence-electron chi connectivity index (χ3n) is 5.67. The number of anilines is 2. The molecular formula is C28H30N2O6. The van der Waals surface area contributed by atoms with Crippen LogP contribution in [0.1, 0.15) is 57.5 Å². The van der Waals surface area contributed by atoms with Gasteiger partial charge >= 0.3 is 11.9 Å². The van der Waals surface area contributed by atoms with Crippen LogP contribution in [-0.4, -0.2) is 49.8 Å². The van der Waals surface area contributed by atoms with Crippen molar-refractivity contribution >= 4 is 34.9 Å². The number of ether oxygens (including phenoxy) is 2. The first-order chi connectivity index (χ1) is 17.5. The van der Waals surface area contributed by atoms with Crippen LogP contribution in [0.2, 0.25) is 0 Å². The molecule has 8 heteroatoms. The van der Waals surface area contributed by atoms with Gasteiger partial charge < -0.3 is 20.1 Å². The Morgan fingerprint density at radius 3 is 1.50 bits per heavy atom. The lowest BCUT2D eigenvalue weighted by molar-refractivity contribution is -0.138. The van der Waals surface area contributed by atoms with Crippen molar-refractivity contribution in [3.8, 4) is 0 Å². The van der Waals surface area contributed by atoms with Crippen LogP contribution < -0.4 is 10.6 Å². The van der Waals surface area contributed by atoms with Crippen molar-refractivity contribution in [1.82, 2.24) is 0 Å². The van der Waals surface area contributed by atoms with Gasteiger partial charge in [-0.05, 0) is 37.8 Å². The lowest BCUT2D eigenvalue weighted by Gasteiger charge is -2.24. The number of benzene rings is 2. The molecule has 0 unspecified atom stereocenters. The highest BCUT2D eigenvalue weighted by Crippen LogP contribution is 2.36. The molecule has 0 aliphatic heterocycles. The highest BCUT2D eigenvalue weighted by molar-refractivity contribution is 6.31. The summed E-state index contributed by atoms with van der Waals surface area (Å²) in [5.41, 5.74) is 2.64. The van der Waals surface area contributed by atoms with Crippen LogP contribution in [-0.2, 0) is 19.1 Å². The summed E-state index contributed by atoms with van der Waals surface area (Å²) in [5.74, 6) is -1.33. The second-order valence-electron chi connectivity index (χ2n) is 8.13. The van der Waals surface area contributed by atoms with E-state index in [1.165, 1.54) is 0 Å². The number of hydrogen-bond donors (Lipinski definition) is 2. The quantitative estimate of drug-likeness (QED) is 0.195. The number of carbonyl (C=O) groups is 4. The average Bonchev–Trinajstić information content (AvgIpc) is 2.90. The molecule has 0 saturated carbocycles. The normalized spacial score (nSPS) is 11.7. The van der Waals surface area contributed by atoms with E-state index >= 15 is 0 Å². The van der Waals surface area contributed by atoms with Gasteiger partial charge in [-0.3, -0.25) is 9.59 Å². The van der Waals surface area contributed by atoms with Crippen molar-refractivity contribution in [3.05, 3.63) is 84.0 Å². The Balaban J connectivity index is 1.72. The van der Waals surface area contributed by atoms with Crippen LogP contribution in [0.15, 0.2) is 61.7 Å². The highest BCUT2D eigenvalue weighted by atomic mass is 16.5. The van der Waals surface area contributed by atoms with Crippen molar-refractivity contribution in [2.45, 2.75) is 25.7 Å². The molecule has 0 spiro atoms. The minimum absolute atomic E-state index is 0.206. The van der Waals surface area contributed by atoms with E-state index in [1.54, 1.807) is 36.4 Å². The monoisotopic (exact) mass is 490 g/mol. The molecule has 0 fully saturated rings. The van der Waals surface area contributed by atoms with E-state index in [2.05, 4.69) is 23.8 Å². The van der Waals surface area contributed by atoms with Crippen molar-refractivity contribution < 1.29 is 28.7 Å². The molecule has 188 valence electrons. The molecule has 0 atom stereocenters. The number of nitrogens with one attached hydrogen (secondary N) is 2. The second kappa shape index (κ2) is 13.0. The Morgan fingerprint density at radius 2 is 1.11 bits per heavy atom. The van der Waals surface area contributed by atoms with Gasteiger partial charge in [-0.1, -0.05) is 37.4 Å². The van der Waals surface area contributed by atoms with E-state index in [1.807, 2.05) is 0 Å². The molecule has 8 nitrogen and oxygen atoms in total. The third kappa shape index (κ3) is 6.47. The first-order valence-corrected chi connectivity index (χ1v) is 11.9. The number of unbranched alkanes of at least 4 members (excludes halogenated alkanes) is 2. The van der Waals surface area contributed by atoms with Crippen molar-refractivity contribution in [2.75, 3.05) is 36.9 Å². The van der Waals surface area contributed by atoms with Gasteiger partial charge in [0.25, 0.3) is 0 Å². The predicted molar refractivity (Wildman–Crippen MR) is 138 cm³/mol. The molecule has 0 bridgehead atoms. The molecule has 1 aliphatic rings. The summed E-state index contributed by atoms with van der Waals surface area (Å²) in [6.07, 6.45) is 4.94. The van der Waals surface area contributed by atoms with Gasteiger partial charge in [-0.25, -0.2) is 9.59 Å². The SMILES string of the molecule is C=CC(=O)OCCCCNc1ccc(NCCCCOC(=O)C=C)c2c1C(=O)c1ccccc1C2=O. The molecule has 36 heavy (non-hydrogen) atoms. The molecule has 0 heterocycles. The Kier molecular flexibility index (Phi) is 9.56. The minimum atomic E-state index is -0.458. The van der Waals surface area contributed by atoms with Crippen molar-refractivity contribution in [2.24, 2.45) is 0 Å². The summed E-state index contributed by atoms with van der Waals surface area (Å²) in [5, 5.41) is 6.53. The molecule has 3 rings (SSSR count). The summed E-state index contributed by atoms with van der Waals surface area (Å²) >= 11 is 0. The van der Waals surface area contributed by atoms with E-state index < -0.39 is 11.9 Å². The zero-order valence-corrected chi connectivity index (χ0v) is 20.1. The predicted octanol–water partition coefficient (Wildman–Crippen LogP) is 4.30. The molecular weight excluding hydrogens is 460 g/mol. The Bertz CT molecular complexity index is 1080. The van der Waals surface area contributed by atoms with Gasteiger partial charge in [0.2, 0.25) is 0 Å². The summed E-state index contributed by atoms with van der Waals surface area (Å²) < 4.78 is 9.96. The summed E-state index contributed by atoms with van der Waals surface area (Å²) in [4.78, 5) is 49.1. The molecule has 0 amide bonds. The first kappa shape index (κ1) is 26.4. The fraction of sp³-hybridized carbons (Fsp3) is 0.286. The van der Waals surface area contributed by atoms with E-state index in [-0.39, 0.29) is 24.8 Å². The fourth-order valence-corrected chi connectivity index (χ4v) is 3.88. The molecule has 2 N–H and O–H groups in total. The largest absolute Gasteiger partial charge is 0.463 e. The Labute approximate surface area is 210 Å². The summed E-state index contributed by atoms with van der Waals surface area (Å²) in [6, 6.07) is 10.4. The molecule has 0 radical (unpaired) electrons. The van der Waals surface area contributed by atoms with Crippen LogP contribution in [0.3, 0.4) is 0 Å². The molecule has 2 aromatic carbocycles. The Hall–Kier alpha value is -4.20. The van der Waals surface area contributed by atoms with Gasteiger partial charge in [0.1, 0.15) is 0 Å². The Morgan fingerprint density at radius 1 is 0.694 bits per heavy atom. The summed E-state index contributed by atoms with van der Waals surface area (Å²) in [7, 11) is 0. The number of carbonyl (C=O) groups excluding carboxylic acids is 4. The summed E-state index contributed by atoms with van der Waals surface area (Å²) in [6.45, 7) is 8.37. The zero-order chi connectivity index (χ0) is 25.9. The van der Waals surface area contributed by atoms with Crippen molar-refractivity contribution in [1.29, 1.82) is 0 Å². The molecule has 0 saturated heterocycles. The van der Waals surface area contributed by atoms with Crippen LogP contribution in [0, 0.1) is 0 Å². The van der Waals surface area contributed by atoms with Crippen LogP contribution in [0.4, 0.5) is 11.4 Å². The minimum Gasteiger partial charge on any atom is -0.463 e. The van der Waals surface area contributed by atoms with Gasteiger partial charge in [0, 0.05) is 47.7 Å². The van der Waals surface area contributed by atoms with Gasteiger partial charge in [-0.2, -0.15) is 0 Å². The first-order valence-electron chi connectivity index (χ1n) is 11.9. The van der Waals surface area contributed by atoms with Crippen molar-refractivity contribution in [3.63, 3.8) is 0 Å². The van der Waals surface area contributed by atoms with Gasteiger partial charge in [0.05, 0.1) is 24.3 Å². The lowest BCUT2D eigenvalue weighted by atomic mass is 9.82. The number of fused-ring (bicyclic) bond motifs is 2.